The minimum Gasteiger partial charge on any atom is -0.375 e. The van der Waals surface area contributed by atoms with Crippen molar-refractivity contribution in [3.05, 3.63) is 47.8 Å². The van der Waals surface area contributed by atoms with E-state index in [1.807, 2.05) is 30.5 Å². The van der Waals surface area contributed by atoms with Crippen LogP contribution in [0.3, 0.4) is 0 Å². The first-order chi connectivity index (χ1) is 11.8. The van der Waals surface area contributed by atoms with Crippen LogP contribution in [0.15, 0.2) is 36.5 Å². The van der Waals surface area contributed by atoms with Gasteiger partial charge in [-0.2, -0.15) is 0 Å². The highest BCUT2D eigenvalue weighted by atomic mass is 16.5. The molecule has 0 radical (unpaired) electrons. The minimum absolute atomic E-state index is 0.588. The number of ether oxygens (including phenoxy) is 1. The fraction of sp³-hybridized carbons (Fsp3) is 0.524. The standard InChI is InChI=1S/C21H28N2O/c1-17-12-13-22-21(15-17)20-11-5-10-19(23-20)16-24-14-6-9-18-7-3-2-4-8-18/h5,10-13,15,18H,2-4,6-9,14,16H2,1H3. The number of hydrogen-bond donors (Lipinski definition) is 0. The first-order valence-corrected chi connectivity index (χ1v) is 9.28. The van der Waals surface area contributed by atoms with Gasteiger partial charge in [0.05, 0.1) is 23.7 Å². The molecule has 24 heavy (non-hydrogen) atoms. The Kier molecular flexibility index (Phi) is 6.36. The van der Waals surface area contributed by atoms with Gasteiger partial charge in [-0.05, 0) is 55.5 Å². The van der Waals surface area contributed by atoms with Crippen molar-refractivity contribution < 1.29 is 4.74 Å². The summed E-state index contributed by atoms with van der Waals surface area (Å²) in [6.07, 6.45) is 11.5. The van der Waals surface area contributed by atoms with E-state index in [2.05, 4.69) is 23.0 Å². The lowest BCUT2D eigenvalue weighted by Crippen LogP contribution is -2.07. The third-order valence-corrected chi connectivity index (χ3v) is 4.86. The van der Waals surface area contributed by atoms with Gasteiger partial charge in [0.15, 0.2) is 0 Å². The van der Waals surface area contributed by atoms with E-state index in [4.69, 9.17) is 4.74 Å². The predicted molar refractivity (Wildman–Crippen MR) is 97.7 cm³/mol. The van der Waals surface area contributed by atoms with Crippen LogP contribution in [0.4, 0.5) is 0 Å². The quantitative estimate of drug-likeness (QED) is 0.646. The molecule has 3 heteroatoms. The summed E-state index contributed by atoms with van der Waals surface area (Å²) in [4.78, 5) is 9.09. The molecule has 0 saturated heterocycles. The second-order valence-corrected chi connectivity index (χ2v) is 6.93. The first-order valence-electron chi connectivity index (χ1n) is 9.28. The maximum absolute atomic E-state index is 5.84. The highest BCUT2D eigenvalue weighted by molar-refractivity contribution is 5.54. The Morgan fingerprint density at radius 2 is 1.96 bits per heavy atom. The van der Waals surface area contributed by atoms with Gasteiger partial charge in [0, 0.05) is 12.8 Å². The van der Waals surface area contributed by atoms with Gasteiger partial charge >= 0.3 is 0 Å². The van der Waals surface area contributed by atoms with Gasteiger partial charge in [0.1, 0.15) is 0 Å². The maximum atomic E-state index is 5.84. The van der Waals surface area contributed by atoms with Gasteiger partial charge in [-0.3, -0.25) is 4.98 Å². The second kappa shape index (κ2) is 8.93. The molecule has 2 aromatic heterocycles. The van der Waals surface area contributed by atoms with E-state index < -0.39 is 0 Å². The number of pyridine rings is 2. The van der Waals surface area contributed by atoms with Crippen molar-refractivity contribution in [1.82, 2.24) is 9.97 Å². The van der Waals surface area contributed by atoms with Gasteiger partial charge in [-0.1, -0.05) is 38.2 Å². The minimum atomic E-state index is 0.588. The Labute approximate surface area is 145 Å². The molecular weight excluding hydrogens is 296 g/mol. The lowest BCUT2D eigenvalue weighted by molar-refractivity contribution is 0.109. The molecule has 1 aliphatic carbocycles. The van der Waals surface area contributed by atoms with Crippen molar-refractivity contribution in [3.63, 3.8) is 0 Å². The Balaban J connectivity index is 1.45. The number of aromatic nitrogens is 2. The summed E-state index contributed by atoms with van der Waals surface area (Å²) in [7, 11) is 0. The van der Waals surface area contributed by atoms with Crippen molar-refractivity contribution in [2.45, 2.75) is 58.5 Å². The molecule has 3 rings (SSSR count). The summed E-state index contributed by atoms with van der Waals surface area (Å²) >= 11 is 0. The number of aryl methyl sites for hydroxylation is 1. The summed E-state index contributed by atoms with van der Waals surface area (Å²) in [5.74, 6) is 0.941. The zero-order chi connectivity index (χ0) is 16.6. The van der Waals surface area contributed by atoms with Crippen LogP contribution < -0.4 is 0 Å². The molecule has 0 N–H and O–H groups in total. The topological polar surface area (TPSA) is 35.0 Å². The zero-order valence-electron chi connectivity index (χ0n) is 14.7. The van der Waals surface area contributed by atoms with Crippen LogP contribution in [0.2, 0.25) is 0 Å². The molecule has 0 amide bonds. The van der Waals surface area contributed by atoms with Crippen molar-refractivity contribution in [1.29, 1.82) is 0 Å². The van der Waals surface area contributed by atoms with E-state index in [0.29, 0.717) is 6.61 Å². The fourth-order valence-electron chi connectivity index (χ4n) is 3.51. The molecule has 2 heterocycles. The smallest absolute Gasteiger partial charge is 0.0890 e. The lowest BCUT2D eigenvalue weighted by Gasteiger charge is -2.21. The Morgan fingerprint density at radius 1 is 1.08 bits per heavy atom. The van der Waals surface area contributed by atoms with Crippen LogP contribution in [0, 0.1) is 12.8 Å². The molecule has 1 aliphatic rings. The van der Waals surface area contributed by atoms with Crippen LogP contribution in [0.1, 0.15) is 56.2 Å². The molecule has 0 atom stereocenters. The van der Waals surface area contributed by atoms with Crippen molar-refractivity contribution in [2.75, 3.05) is 6.61 Å². The molecule has 0 unspecified atom stereocenters. The van der Waals surface area contributed by atoms with E-state index in [9.17, 15) is 0 Å². The van der Waals surface area contributed by atoms with Crippen LogP contribution in [-0.2, 0) is 11.3 Å². The van der Waals surface area contributed by atoms with Gasteiger partial charge in [0.25, 0.3) is 0 Å². The predicted octanol–water partition coefficient (Wildman–Crippen LogP) is 5.33. The molecular formula is C21H28N2O. The molecule has 0 aliphatic heterocycles. The van der Waals surface area contributed by atoms with E-state index in [1.54, 1.807) is 0 Å². The van der Waals surface area contributed by atoms with Crippen LogP contribution in [0.5, 0.6) is 0 Å². The summed E-state index contributed by atoms with van der Waals surface area (Å²) < 4.78 is 5.84. The number of nitrogens with zero attached hydrogens (tertiary/aromatic N) is 2. The average molecular weight is 324 g/mol. The van der Waals surface area contributed by atoms with Gasteiger partial charge < -0.3 is 4.74 Å². The van der Waals surface area contributed by atoms with Crippen LogP contribution in [-0.4, -0.2) is 16.6 Å². The van der Waals surface area contributed by atoms with E-state index in [-0.39, 0.29) is 0 Å². The molecule has 0 bridgehead atoms. The third kappa shape index (κ3) is 5.13. The molecule has 1 fully saturated rings. The Morgan fingerprint density at radius 3 is 2.79 bits per heavy atom. The lowest BCUT2D eigenvalue weighted by atomic mass is 9.86. The third-order valence-electron chi connectivity index (χ3n) is 4.86. The second-order valence-electron chi connectivity index (χ2n) is 6.93. The highest BCUT2D eigenvalue weighted by Crippen LogP contribution is 2.27. The molecule has 0 spiro atoms. The number of rotatable bonds is 7. The maximum Gasteiger partial charge on any atom is 0.0890 e. The normalized spacial score (nSPS) is 15.5. The summed E-state index contributed by atoms with van der Waals surface area (Å²) in [5, 5.41) is 0. The van der Waals surface area contributed by atoms with Crippen molar-refractivity contribution in [3.8, 4) is 11.4 Å². The van der Waals surface area contributed by atoms with Gasteiger partial charge in [0.2, 0.25) is 0 Å². The fourth-order valence-corrected chi connectivity index (χ4v) is 3.51. The zero-order valence-corrected chi connectivity index (χ0v) is 14.7. The largest absolute Gasteiger partial charge is 0.375 e. The molecule has 0 aromatic carbocycles. The highest BCUT2D eigenvalue weighted by Gasteiger charge is 2.12. The van der Waals surface area contributed by atoms with Crippen LogP contribution >= 0.6 is 0 Å². The van der Waals surface area contributed by atoms with Crippen molar-refractivity contribution in [2.24, 2.45) is 5.92 Å². The number of hydrogen-bond acceptors (Lipinski definition) is 3. The van der Waals surface area contributed by atoms with E-state index in [0.717, 1.165) is 29.6 Å². The van der Waals surface area contributed by atoms with Gasteiger partial charge in [-0.15, -0.1) is 0 Å². The average Bonchev–Trinajstić information content (AvgIpc) is 2.63. The van der Waals surface area contributed by atoms with Crippen molar-refractivity contribution >= 4 is 0 Å². The molecule has 3 nitrogen and oxygen atoms in total. The Bertz CT molecular complexity index is 635. The SMILES string of the molecule is Cc1ccnc(-c2cccc(COCCCC3CCCCC3)n2)c1. The molecule has 128 valence electrons. The molecule has 2 aromatic rings. The summed E-state index contributed by atoms with van der Waals surface area (Å²) in [6.45, 7) is 3.50. The van der Waals surface area contributed by atoms with E-state index >= 15 is 0 Å². The monoisotopic (exact) mass is 324 g/mol. The molecule has 1 saturated carbocycles. The van der Waals surface area contributed by atoms with Crippen LogP contribution in [0.25, 0.3) is 11.4 Å². The van der Waals surface area contributed by atoms with Gasteiger partial charge in [-0.25, -0.2) is 4.98 Å². The summed E-state index contributed by atoms with van der Waals surface area (Å²) in [5.41, 5.74) is 4.02. The van der Waals surface area contributed by atoms with E-state index in [1.165, 1.54) is 50.5 Å². The summed E-state index contributed by atoms with van der Waals surface area (Å²) in [6, 6.07) is 10.1. The Hall–Kier alpha value is -1.74. The first kappa shape index (κ1) is 17.1.